The van der Waals surface area contributed by atoms with Crippen molar-refractivity contribution in [3.63, 3.8) is 0 Å². The maximum Gasteiger partial charge on any atom is 0.331 e. The number of fused-ring (bicyclic) bond motifs is 1. The molecule has 8 nitrogen and oxygen atoms in total. The number of para-hydroxylation sites is 1. The first-order chi connectivity index (χ1) is 16.3. The third-order valence-corrected chi connectivity index (χ3v) is 6.55. The van der Waals surface area contributed by atoms with E-state index >= 15 is 0 Å². The molecular formula is C25H22N2O6S. The summed E-state index contributed by atoms with van der Waals surface area (Å²) in [5, 5.41) is 0.764. The van der Waals surface area contributed by atoms with E-state index in [9.17, 15) is 18.0 Å². The molecule has 1 unspecified atom stereocenters. The molecular weight excluding hydrogens is 456 g/mol. The van der Waals surface area contributed by atoms with Crippen molar-refractivity contribution in [3.8, 4) is 0 Å². The first kappa shape index (κ1) is 23.2. The lowest BCUT2D eigenvalue weighted by molar-refractivity contribution is -0.140. The third-order valence-electron chi connectivity index (χ3n) is 5.14. The Balaban J connectivity index is 1.34. The lowest BCUT2D eigenvalue weighted by Crippen LogP contribution is -2.23. The second-order valence-corrected chi connectivity index (χ2v) is 9.26. The van der Waals surface area contributed by atoms with E-state index < -0.39 is 22.1 Å². The highest BCUT2D eigenvalue weighted by Crippen LogP contribution is 2.20. The van der Waals surface area contributed by atoms with Crippen molar-refractivity contribution >= 4 is 38.8 Å². The van der Waals surface area contributed by atoms with Crippen molar-refractivity contribution < 1.29 is 27.2 Å². The average Bonchev–Trinajstić information content (AvgIpc) is 3.51. The van der Waals surface area contributed by atoms with Crippen LogP contribution in [0.2, 0.25) is 0 Å². The molecule has 0 aliphatic rings. The number of aromatic amines is 1. The molecule has 0 fully saturated rings. The molecule has 2 aromatic carbocycles. The minimum atomic E-state index is -3.71. The normalized spacial score (nSPS) is 12.7. The lowest BCUT2D eigenvalue weighted by atomic mass is 10.1. The van der Waals surface area contributed by atoms with E-state index in [1.807, 2.05) is 24.3 Å². The highest BCUT2D eigenvalue weighted by Gasteiger charge is 2.21. The summed E-state index contributed by atoms with van der Waals surface area (Å²) in [7, 11) is -3.71. The zero-order chi connectivity index (χ0) is 24.1. The number of nitrogens with one attached hydrogen (secondary N) is 2. The highest BCUT2D eigenvalue weighted by atomic mass is 32.2. The summed E-state index contributed by atoms with van der Waals surface area (Å²) in [6.45, 7) is 1.56. The van der Waals surface area contributed by atoms with Crippen LogP contribution in [0, 0.1) is 0 Å². The SMILES string of the molecule is CC(OC(=O)/C=C/c1ccc(S(=O)(=O)NCc2ccco2)cc1)C(=O)c1c[nH]c2ccccc12. The zero-order valence-electron chi connectivity index (χ0n) is 18.2. The van der Waals surface area contributed by atoms with Crippen molar-refractivity contribution in [2.24, 2.45) is 0 Å². The molecule has 174 valence electrons. The summed E-state index contributed by atoms with van der Waals surface area (Å²) >= 11 is 0. The smallest absolute Gasteiger partial charge is 0.331 e. The molecule has 0 aliphatic carbocycles. The fourth-order valence-corrected chi connectivity index (χ4v) is 4.34. The number of ketones is 1. The molecule has 2 heterocycles. The number of hydrogen-bond donors (Lipinski definition) is 2. The Hall–Kier alpha value is -3.95. The van der Waals surface area contributed by atoms with Gasteiger partial charge in [-0.25, -0.2) is 17.9 Å². The van der Waals surface area contributed by atoms with Crippen LogP contribution in [0.25, 0.3) is 17.0 Å². The molecule has 0 spiro atoms. The van der Waals surface area contributed by atoms with Crippen LogP contribution in [-0.4, -0.2) is 31.3 Å². The Kier molecular flexibility index (Phi) is 6.76. The Morgan fingerprint density at radius 1 is 1.09 bits per heavy atom. The number of Topliss-reactive ketones (excluding diaryl/α,β-unsaturated/α-hetero) is 1. The number of H-pyrrole nitrogens is 1. The number of furan rings is 1. The van der Waals surface area contributed by atoms with Gasteiger partial charge in [0.05, 0.1) is 17.7 Å². The number of esters is 1. The van der Waals surface area contributed by atoms with Gasteiger partial charge in [0.15, 0.2) is 6.10 Å². The Morgan fingerprint density at radius 3 is 2.59 bits per heavy atom. The number of carbonyl (C=O) groups excluding carboxylic acids is 2. The third kappa shape index (κ3) is 5.33. The summed E-state index contributed by atoms with van der Waals surface area (Å²) in [5.74, 6) is -0.493. The maximum atomic E-state index is 12.7. The molecule has 4 rings (SSSR count). The van der Waals surface area contributed by atoms with Crippen LogP contribution in [0.1, 0.15) is 28.6 Å². The molecule has 4 aromatic rings. The molecule has 2 aromatic heterocycles. The fraction of sp³-hybridized carbons (Fsp3) is 0.120. The second kappa shape index (κ2) is 9.90. The average molecular weight is 479 g/mol. The van der Waals surface area contributed by atoms with Crippen molar-refractivity contribution in [3.05, 3.63) is 96.1 Å². The summed E-state index contributed by atoms with van der Waals surface area (Å²) < 4.78 is 37.6. The van der Waals surface area contributed by atoms with Crippen molar-refractivity contribution in [1.29, 1.82) is 0 Å². The van der Waals surface area contributed by atoms with E-state index in [4.69, 9.17) is 9.15 Å². The number of carbonyl (C=O) groups is 2. The van der Waals surface area contributed by atoms with Gasteiger partial charge in [-0.2, -0.15) is 0 Å². The summed E-state index contributed by atoms with van der Waals surface area (Å²) in [4.78, 5) is 28.0. The van der Waals surface area contributed by atoms with Gasteiger partial charge in [0.1, 0.15) is 5.76 Å². The Labute approximate surface area is 196 Å². The highest BCUT2D eigenvalue weighted by molar-refractivity contribution is 7.89. The van der Waals surface area contributed by atoms with E-state index in [-0.39, 0.29) is 17.2 Å². The largest absolute Gasteiger partial charge is 0.468 e. The van der Waals surface area contributed by atoms with Gasteiger partial charge in [-0.3, -0.25) is 4.79 Å². The number of rotatable bonds is 9. The molecule has 0 aliphatic heterocycles. The van der Waals surface area contributed by atoms with Crippen molar-refractivity contribution in [1.82, 2.24) is 9.71 Å². The standard InChI is InChI=1S/C25H22N2O6S/c1-17(25(29)22-16-26-23-7-3-2-6-21(22)23)33-24(28)13-10-18-8-11-20(12-9-18)34(30,31)27-15-19-5-4-14-32-19/h2-14,16-17,26-27H,15H2,1H3/b13-10+. The summed E-state index contributed by atoms with van der Waals surface area (Å²) in [5.41, 5.74) is 1.88. The zero-order valence-corrected chi connectivity index (χ0v) is 19.0. The van der Waals surface area contributed by atoms with E-state index in [0.29, 0.717) is 16.9 Å². The molecule has 0 bridgehead atoms. The van der Waals surface area contributed by atoms with E-state index in [1.54, 1.807) is 30.5 Å². The first-order valence-corrected chi connectivity index (χ1v) is 11.9. The predicted molar refractivity (Wildman–Crippen MR) is 126 cm³/mol. The van der Waals surface area contributed by atoms with Gasteiger partial charge < -0.3 is 14.1 Å². The van der Waals surface area contributed by atoms with Gasteiger partial charge >= 0.3 is 5.97 Å². The van der Waals surface area contributed by atoms with Gasteiger partial charge in [0.2, 0.25) is 15.8 Å². The number of aromatic nitrogens is 1. The topological polar surface area (TPSA) is 118 Å². The van der Waals surface area contributed by atoms with Gasteiger partial charge in [-0.15, -0.1) is 0 Å². The fourth-order valence-electron chi connectivity index (χ4n) is 3.35. The second-order valence-electron chi connectivity index (χ2n) is 7.50. The van der Waals surface area contributed by atoms with Crippen LogP contribution in [-0.2, 0) is 26.1 Å². The molecule has 2 N–H and O–H groups in total. The van der Waals surface area contributed by atoms with Gasteiger partial charge in [0, 0.05) is 28.7 Å². The van der Waals surface area contributed by atoms with Crippen LogP contribution in [0.3, 0.4) is 0 Å². The Morgan fingerprint density at radius 2 is 1.85 bits per heavy atom. The van der Waals surface area contributed by atoms with E-state index in [1.165, 1.54) is 37.5 Å². The lowest BCUT2D eigenvalue weighted by Gasteiger charge is -2.10. The maximum absolute atomic E-state index is 12.7. The molecule has 0 saturated heterocycles. The van der Waals surface area contributed by atoms with Gasteiger partial charge in [-0.1, -0.05) is 30.3 Å². The van der Waals surface area contributed by atoms with Crippen LogP contribution < -0.4 is 4.72 Å². The number of benzene rings is 2. The number of hydrogen-bond acceptors (Lipinski definition) is 6. The summed E-state index contributed by atoms with van der Waals surface area (Å²) in [6.07, 6.45) is 4.78. The molecule has 0 amide bonds. The molecule has 9 heteroatoms. The summed E-state index contributed by atoms with van der Waals surface area (Å²) in [6, 6.07) is 16.7. The number of sulfonamides is 1. The van der Waals surface area contributed by atoms with Crippen molar-refractivity contribution in [2.45, 2.75) is 24.5 Å². The minimum Gasteiger partial charge on any atom is -0.468 e. The first-order valence-electron chi connectivity index (χ1n) is 10.4. The van der Waals surface area contributed by atoms with E-state index in [0.717, 1.165) is 10.9 Å². The van der Waals surface area contributed by atoms with Gasteiger partial charge in [0.25, 0.3) is 0 Å². The quantitative estimate of drug-likeness (QED) is 0.213. The predicted octanol–water partition coefficient (Wildman–Crippen LogP) is 4.07. The van der Waals surface area contributed by atoms with Crippen LogP contribution >= 0.6 is 0 Å². The minimum absolute atomic E-state index is 0.0400. The van der Waals surface area contributed by atoms with Crippen LogP contribution in [0.4, 0.5) is 0 Å². The van der Waals surface area contributed by atoms with Crippen molar-refractivity contribution in [2.75, 3.05) is 0 Å². The molecule has 0 radical (unpaired) electrons. The van der Waals surface area contributed by atoms with E-state index in [2.05, 4.69) is 9.71 Å². The van der Waals surface area contributed by atoms with Crippen LogP contribution in [0.15, 0.2) is 88.5 Å². The monoisotopic (exact) mass is 478 g/mol. The Bertz CT molecular complexity index is 1430. The van der Waals surface area contributed by atoms with Gasteiger partial charge in [-0.05, 0) is 48.9 Å². The molecule has 0 saturated carbocycles. The number of ether oxygens (including phenoxy) is 1. The molecule has 1 atom stereocenters. The van der Waals surface area contributed by atoms with Crippen LogP contribution in [0.5, 0.6) is 0 Å². The molecule has 34 heavy (non-hydrogen) atoms.